The molecule has 0 radical (unpaired) electrons. The Morgan fingerprint density at radius 3 is 2.57 bits per heavy atom. The van der Waals surface area contributed by atoms with E-state index < -0.39 is 0 Å². The highest BCUT2D eigenvalue weighted by atomic mass is 79.9. The molecule has 0 nitrogen and oxygen atoms in total. The van der Waals surface area contributed by atoms with Crippen LogP contribution < -0.4 is 0 Å². The molecule has 0 amide bonds. The lowest BCUT2D eigenvalue weighted by atomic mass is 10.1. The van der Waals surface area contributed by atoms with Gasteiger partial charge in [-0.25, -0.2) is 4.39 Å². The predicted molar refractivity (Wildman–Crippen MR) is 65.7 cm³/mol. The standard InChI is InChI=1S/C11H13Br2F/c12-8-4-3-6-10(13)9-5-1-2-7-11(9)14/h1-2,5,7,10H,3-4,6,8H2. The smallest absolute Gasteiger partial charge is 0.127 e. The maximum atomic E-state index is 13.3. The van der Waals surface area contributed by atoms with Crippen LogP contribution in [0.15, 0.2) is 24.3 Å². The fourth-order valence-corrected chi connectivity index (χ4v) is 2.39. The quantitative estimate of drug-likeness (QED) is 0.538. The van der Waals surface area contributed by atoms with E-state index in [1.807, 2.05) is 12.1 Å². The number of hydrogen-bond donors (Lipinski definition) is 0. The van der Waals surface area contributed by atoms with E-state index in [1.54, 1.807) is 6.07 Å². The van der Waals surface area contributed by atoms with Crippen LogP contribution >= 0.6 is 31.9 Å². The Bertz CT molecular complexity index is 276. The van der Waals surface area contributed by atoms with Crippen LogP contribution in [0.3, 0.4) is 0 Å². The minimum atomic E-state index is -0.117. The van der Waals surface area contributed by atoms with Crippen molar-refractivity contribution in [3.63, 3.8) is 0 Å². The van der Waals surface area contributed by atoms with Gasteiger partial charge in [-0.05, 0) is 18.9 Å². The molecule has 1 unspecified atom stereocenters. The van der Waals surface area contributed by atoms with Crippen molar-refractivity contribution in [1.29, 1.82) is 0 Å². The van der Waals surface area contributed by atoms with Crippen molar-refractivity contribution in [3.05, 3.63) is 35.6 Å². The molecule has 0 saturated carbocycles. The van der Waals surface area contributed by atoms with Gasteiger partial charge in [-0.2, -0.15) is 0 Å². The maximum absolute atomic E-state index is 13.3. The zero-order chi connectivity index (χ0) is 10.4. The van der Waals surface area contributed by atoms with Crippen LogP contribution in [-0.4, -0.2) is 5.33 Å². The van der Waals surface area contributed by atoms with Crippen LogP contribution in [-0.2, 0) is 0 Å². The Hall–Kier alpha value is 0.110. The van der Waals surface area contributed by atoms with Gasteiger partial charge < -0.3 is 0 Å². The first kappa shape index (κ1) is 12.2. The van der Waals surface area contributed by atoms with Gasteiger partial charge in [0.05, 0.1) is 0 Å². The Balaban J connectivity index is 2.51. The van der Waals surface area contributed by atoms with Gasteiger partial charge in [0.1, 0.15) is 5.82 Å². The summed E-state index contributed by atoms with van der Waals surface area (Å²) in [5.74, 6) is -0.117. The zero-order valence-electron chi connectivity index (χ0n) is 7.85. The van der Waals surface area contributed by atoms with Crippen molar-refractivity contribution in [2.75, 3.05) is 5.33 Å². The lowest BCUT2D eigenvalue weighted by Gasteiger charge is -2.10. The molecule has 14 heavy (non-hydrogen) atoms. The summed E-state index contributed by atoms with van der Waals surface area (Å²) < 4.78 is 13.3. The van der Waals surface area contributed by atoms with Gasteiger partial charge >= 0.3 is 0 Å². The van der Waals surface area contributed by atoms with Crippen molar-refractivity contribution in [2.24, 2.45) is 0 Å². The second-order valence-corrected chi connectivity index (χ2v) is 5.07. The second kappa shape index (κ2) is 6.57. The first-order valence-electron chi connectivity index (χ1n) is 4.70. The van der Waals surface area contributed by atoms with Gasteiger partial charge in [0.2, 0.25) is 0 Å². The first-order chi connectivity index (χ1) is 6.75. The highest BCUT2D eigenvalue weighted by Crippen LogP contribution is 2.29. The molecule has 0 aliphatic rings. The molecule has 0 heterocycles. The summed E-state index contributed by atoms with van der Waals surface area (Å²) >= 11 is 6.89. The molecule has 0 spiro atoms. The minimum absolute atomic E-state index is 0.117. The third-order valence-electron chi connectivity index (χ3n) is 2.08. The molecule has 78 valence electrons. The van der Waals surface area contributed by atoms with Gasteiger partial charge in [-0.3, -0.25) is 0 Å². The van der Waals surface area contributed by atoms with E-state index in [4.69, 9.17) is 0 Å². The molecular formula is C11H13Br2F. The zero-order valence-corrected chi connectivity index (χ0v) is 11.0. The number of benzene rings is 1. The van der Waals surface area contributed by atoms with Gasteiger partial charge in [-0.15, -0.1) is 0 Å². The van der Waals surface area contributed by atoms with Crippen molar-refractivity contribution < 1.29 is 4.39 Å². The lowest BCUT2D eigenvalue weighted by molar-refractivity contribution is 0.598. The number of hydrogen-bond acceptors (Lipinski definition) is 0. The average molecular weight is 324 g/mol. The highest BCUT2D eigenvalue weighted by Gasteiger charge is 2.10. The molecule has 1 atom stereocenters. The van der Waals surface area contributed by atoms with Crippen LogP contribution in [0.2, 0.25) is 0 Å². The van der Waals surface area contributed by atoms with Crippen LogP contribution in [0.4, 0.5) is 4.39 Å². The number of halogens is 3. The molecule has 0 N–H and O–H groups in total. The summed E-state index contributed by atoms with van der Waals surface area (Å²) in [5, 5.41) is 1.02. The molecule has 0 fully saturated rings. The lowest BCUT2D eigenvalue weighted by Crippen LogP contribution is -1.94. The molecule has 0 bridgehead atoms. The van der Waals surface area contributed by atoms with Crippen molar-refractivity contribution in [2.45, 2.75) is 24.1 Å². The summed E-state index contributed by atoms with van der Waals surface area (Å²) in [6, 6.07) is 6.94. The van der Waals surface area contributed by atoms with Crippen molar-refractivity contribution >= 4 is 31.9 Å². The fourth-order valence-electron chi connectivity index (χ4n) is 1.30. The van der Waals surface area contributed by atoms with Crippen molar-refractivity contribution in [1.82, 2.24) is 0 Å². The summed E-state index contributed by atoms with van der Waals surface area (Å²) in [6.07, 6.45) is 3.22. The van der Waals surface area contributed by atoms with Crippen LogP contribution in [0.5, 0.6) is 0 Å². The molecule has 3 heteroatoms. The van der Waals surface area contributed by atoms with Gasteiger partial charge in [0.15, 0.2) is 0 Å². The average Bonchev–Trinajstić information content (AvgIpc) is 2.18. The van der Waals surface area contributed by atoms with Gasteiger partial charge in [0.25, 0.3) is 0 Å². The Labute approximate surface area is 101 Å². The van der Waals surface area contributed by atoms with E-state index in [0.29, 0.717) is 0 Å². The van der Waals surface area contributed by atoms with Crippen LogP contribution in [0.1, 0.15) is 29.7 Å². The summed E-state index contributed by atoms with van der Waals surface area (Å²) in [5.41, 5.74) is 0.766. The molecule has 0 aromatic heterocycles. The largest absolute Gasteiger partial charge is 0.207 e. The number of rotatable bonds is 5. The van der Waals surface area contributed by atoms with Crippen molar-refractivity contribution in [3.8, 4) is 0 Å². The molecule has 0 saturated heterocycles. The fraction of sp³-hybridized carbons (Fsp3) is 0.455. The first-order valence-corrected chi connectivity index (χ1v) is 6.74. The van der Waals surface area contributed by atoms with Crippen LogP contribution in [0.25, 0.3) is 0 Å². The second-order valence-electron chi connectivity index (χ2n) is 3.17. The van der Waals surface area contributed by atoms with Crippen LogP contribution in [0, 0.1) is 5.82 Å². The summed E-state index contributed by atoms with van der Waals surface area (Å²) in [7, 11) is 0. The normalized spacial score (nSPS) is 12.8. The van der Waals surface area contributed by atoms with Gasteiger partial charge in [-0.1, -0.05) is 56.5 Å². The third kappa shape index (κ3) is 3.70. The van der Waals surface area contributed by atoms with E-state index >= 15 is 0 Å². The Morgan fingerprint density at radius 2 is 1.93 bits per heavy atom. The van der Waals surface area contributed by atoms with E-state index in [1.165, 1.54) is 6.07 Å². The molecule has 1 aromatic carbocycles. The molecular weight excluding hydrogens is 311 g/mol. The van der Waals surface area contributed by atoms with E-state index in [0.717, 1.165) is 30.2 Å². The summed E-state index contributed by atoms with van der Waals surface area (Å²) in [6.45, 7) is 0. The highest BCUT2D eigenvalue weighted by molar-refractivity contribution is 9.09. The molecule has 1 aromatic rings. The summed E-state index contributed by atoms with van der Waals surface area (Å²) in [4.78, 5) is 0.141. The monoisotopic (exact) mass is 322 g/mol. The molecule has 0 aliphatic heterocycles. The van der Waals surface area contributed by atoms with Gasteiger partial charge in [0, 0.05) is 15.7 Å². The SMILES string of the molecule is Fc1ccccc1C(Br)CCCCBr. The molecule has 1 rings (SSSR count). The maximum Gasteiger partial charge on any atom is 0.127 e. The van der Waals surface area contributed by atoms with E-state index in [2.05, 4.69) is 31.9 Å². The van der Waals surface area contributed by atoms with E-state index in [9.17, 15) is 4.39 Å². The topological polar surface area (TPSA) is 0 Å². The Kier molecular flexibility index (Phi) is 5.71. The third-order valence-corrected chi connectivity index (χ3v) is 3.60. The number of unbranched alkanes of at least 4 members (excludes halogenated alkanes) is 1. The predicted octanol–water partition coefficient (Wildman–Crippen LogP) is 4.83. The minimum Gasteiger partial charge on any atom is -0.207 e. The Morgan fingerprint density at radius 1 is 1.21 bits per heavy atom. The molecule has 0 aliphatic carbocycles. The van der Waals surface area contributed by atoms with E-state index in [-0.39, 0.29) is 10.6 Å². The number of alkyl halides is 2.